The number of pyridine rings is 1. The molecule has 0 fully saturated rings. The largest absolute Gasteiger partial charge is 0.289 e. The van der Waals surface area contributed by atoms with Gasteiger partial charge in [-0.25, -0.2) is 14.5 Å². The van der Waals surface area contributed by atoms with Crippen LogP contribution in [0.1, 0.15) is 17.0 Å². The highest BCUT2D eigenvalue weighted by Gasteiger charge is 2.14. The second-order valence-electron chi connectivity index (χ2n) is 6.78. The van der Waals surface area contributed by atoms with E-state index in [9.17, 15) is 4.79 Å². The molecule has 0 saturated heterocycles. The van der Waals surface area contributed by atoms with Crippen molar-refractivity contribution in [3.8, 4) is 21.8 Å². The predicted octanol–water partition coefficient (Wildman–Crippen LogP) is 4.11. The zero-order valence-corrected chi connectivity index (χ0v) is 16.5. The number of hydrogen-bond acceptors (Lipinski definition) is 5. The van der Waals surface area contributed by atoms with E-state index < -0.39 is 0 Å². The van der Waals surface area contributed by atoms with Crippen LogP contribution in [-0.2, 0) is 6.42 Å². The minimum atomic E-state index is -0.125. The molecule has 4 aromatic heterocycles. The maximum Gasteiger partial charge on any atom is 0.272 e. The summed E-state index contributed by atoms with van der Waals surface area (Å²) in [4.78, 5) is 26.2. The number of aromatic amines is 1. The molecule has 0 amide bonds. The van der Waals surface area contributed by atoms with Crippen LogP contribution in [0.25, 0.3) is 27.5 Å². The van der Waals surface area contributed by atoms with Crippen molar-refractivity contribution in [1.82, 2.24) is 24.6 Å². The molecule has 29 heavy (non-hydrogen) atoms. The third kappa shape index (κ3) is 3.25. The zero-order valence-electron chi connectivity index (χ0n) is 15.7. The van der Waals surface area contributed by atoms with E-state index in [1.807, 2.05) is 54.8 Å². The number of H-pyrrole nitrogens is 1. The van der Waals surface area contributed by atoms with Gasteiger partial charge in [-0.2, -0.15) is 0 Å². The average Bonchev–Trinajstić information content (AvgIpc) is 3.35. The molecule has 0 spiro atoms. The van der Waals surface area contributed by atoms with Gasteiger partial charge in [0.25, 0.3) is 5.56 Å². The maximum absolute atomic E-state index is 12.7. The fourth-order valence-electron chi connectivity index (χ4n) is 3.37. The van der Waals surface area contributed by atoms with Crippen LogP contribution in [0.3, 0.4) is 0 Å². The van der Waals surface area contributed by atoms with Gasteiger partial charge >= 0.3 is 0 Å². The first kappa shape index (κ1) is 17.5. The predicted molar refractivity (Wildman–Crippen MR) is 114 cm³/mol. The molecule has 0 unspecified atom stereocenters. The standard InChI is InChI=1S/C22H17N5OS/c1-14-20(15-5-3-2-4-6-15)26-27-19(28)12-17(24-21(14)27)11-18-13-29-22(25-18)16-7-9-23-10-8-16/h2-10,12-13,26H,11H2,1H3. The Balaban J connectivity index is 1.51. The lowest BCUT2D eigenvalue weighted by Crippen LogP contribution is -2.16. The Morgan fingerprint density at radius 2 is 1.79 bits per heavy atom. The number of rotatable bonds is 4. The number of aromatic nitrogens is 5. The molecule has 0 aliphatic carbocycles. The fourth-order valence-corrected chi connectivity index (χ4v) is 4.20. The van der Waals surface area contributed by atoms with Gasteiger partial charge in [0.15, 0.2) is 5.65 Å². The third-order valence-electron chi connectivity index (χ3n) is 4.81. The molecular weight excluding hydrogens is 382 g/mol. The number of hydrogen-bond donors (Lipinski definition) is 1. The molecule has 0 aliphatic heterocycles. The summed E-state index contributed by atoms with van der Waals surface area (Å²) in [6.45, 7) is 1.98. The SMILES string of the molecule is Cc1c(-c2ccccc2)[nH]n2c(=O)cc(Cc3csc(-c4ccncc4)n3)nc12. The van der Waals surface area contributed by atoms with Gasteiger partial charge in [0.05, 0.1) is 17.1 Å². The molecule has 7 heteroatoms. The van der Waals surface area contributed by atoms with Crippen LogP contribution in [0, 0.1) is 6.92 Å². The lowest BCUT2D eigenvalue weighted by Gasteiger charge is -2.00. The van der Waals surface area contributed by atoms with Crippen LogP contribution in [-0.4, -0.2) is 24.6 Å². The van der Waals surface area contributed by atoms with Crippen LogP contribution in [0.5, 0.6) is 0 Å². The molecule has 0 radical (unpaired) electrons. The summed E-state index contributed by atoms with van der Waals surface area (Å²) in [5, 5.41) is 6.13. The van der Waals surface area contributed by atoms with E-state index in [2.05, 4.69) is 10.1 Å². The minimum absolute atomic E-state index is 0.125. The summed E-state index contributed by atoms with van der Waals surface area (Å²) in [6.07, 6.45) is 4.02. The summed E-state index contributed by atoms with van der Waals surface area (Å²) in [5.41, 5.74) is 6.05. The third-order valence-corrected chi connectivity index (χ3v) is 5.75. The molecule has 142 valence electrons. The Hall–Kier alpha value is -3.58. The Labute approximate surface area is 170 Å². The van der Waals surface area contributed by atoms with E-state index in [0.717, 1.165) is 33.1 Å². The van der Waals surface area contributed by atoms with Gasteiger partial charge in [-0.3, -0.25) is 14.9 Å². The highest BCUT2D eigenvalue weighted by atomic mass is 32.1. The fraction of sp³-hybridized carbons (Fsp3) is 0.0909. The molecule has 0 atom stereocenters. The number of nitrogens with zero attached hydrogens (tertiary/aromatic N) is 4. The van der Waals surface area contributed by atoms with E-state index in [4.69, 9.17) is 9.97 Å². The van der Waals surface area contributed by atoms with Crippen molar-refractivity contribution >= 4 is 17.0 Å². The molecule has 5 rings (SSSR count). The van der Waals surface area contributed by atoms with Gasteiger partial charge in [0.1, 0.15) is 5.01 Å². The van der Waals surface area contributed by atoms with E-state index in [-0.39, 0.29) is 5.56 Å². The summed E-state index contributed by atoms with van der Waals surface area (Å²) in [6, 6.07) is 15.4. The Kier molecular flexibility index (Phi) is 4.29. The van der Waals surface area contributed by atoms with Crippen molar-refractivity contribution in [2.24, 2.45) is 0 Å². The van der Waals surface area contributed by atoms with Gasteiger partial charge < -0.3 is 0 Å². The number of aryl methyl sites for hydroxylation is 1. The topological polar surface area (TPSA) is 75.9 Å². The van der Waals surface area contributed by atoms with Crippen molar-refractivity contribution < 1.29 is 0 Å². The quantitative estimate of drug-likeness (QED) is 0.493. The van der Waals surface area contributed by atoms with Gasteiger partial charge in [-0.1, -0.05) is 30.3 Å². The molecule has 1 N–H and O–H groups in total. The molecule has 1 aromatic carbocycles. The van der Waals surface area contributed by atoms with Crippen molar-refractivity contribution in [2.75, 3.05) is 0 Å². The highest BCUT2D eigenvalue weighted by molar-refractivity contribution is 7.13. The van der Waals surface area contributed by atoms with Gasteiger partial charge in [-0.05, 0) is 24.6 Å². The summed E-state index contributed by atoms with van der Waals surface area (Å²) in [7, 11) is 0. The van der Waals surface area contributed by atoms with Crippen molar-refractivity contribution in [1.29, 1.82) is 0 Å². The van der Waals surface area contributed by atoms with Gasteiger partial charge in [0.2, 0.25) is 0 Å². The normalized spacial score (nSPS) is 11.2. The first-order valence-electron chi connectivity index (χ1n) is 9.20. The summed E-state index contributed by atoms with van der Waals surface area (Å²) >= 11 is 1.58. The zero-order chi connectivity index (χ0) is 19.8. The van der Waals surface area contributed by atoms with E-state index in [1.165, 1.54) is 4.52 Å². The molecule has 0 saturated carbocycles. The number of nitrogens with one attached hydrogen (secondary N) is 1. The van der Waals surface area contributed by atoms with Crippen LogP contribution >= 0.6 is 11.3 Å². The van der Waals surface area contributed by atoms with Crippen LogP contribution in [0.2, 0.25) is 0 Å². The second kappa shape index (κ2) is 7.10. The van der Waals surface area contributed by atoms with Crippen molar-refractivity contribution in [2.45, 2.75) is 13.3 Å². The van der Waals surface area contributed by atoms with E-state index >= 15 is 0 Å². The first-order chi connectivity index (χ1) is 14.2. The highest BCUT2D eigenvalue weighted by Crippen LogP contribution is 2.25. The molecule has 5 aromatic rings. The summed E-state index contributed by atoms with van der Waals surface area (Å²) in [5.74, 6) is 0. The second-order valence-corrected chi connectivity index (χ2v) is 7.64. The van der Waals surface area contributed by atoms with Gasteiger partial charge in [0, 0.05) is 41.4 Å². The molecule has 4 heterocycles. The molecule has 0 aliphatic rings. The summed E-state index contributed by atoms with van der Waals surface area (Å²) < 4.78 is 1.50. The average molecular weight is 399 g/mol. The van der Waals surface area contributed by atoms with Crippen molar-refractivity contribution in [3.63, 3.8) is 0 Å². The molecule has 0 bridgehead atoms. The molecular formula is C22H17N5OS. The van der Waals surface area contributed by atoms with E-state index in [0.29, 0.717) is 17.8 Å². The van der Waals surface area contributed by atoms with E-state index in [1.54, 1.807) is 29.8 Å². The van der Waals surface area contributed by atoms with Crippen LogP contribution in [0.4, 0.5) is 0 Å². The van der Waals surface area contributed by atoms with Crippen LogP contribution < -0.4 is 5.56 Å². The maximum atomic E-state index is 12.7. The number of benzene rings is 1. The lowest BCUT2D eigenvalue weighted by atomic mass is 10.1. The molecule has 6 nitrogen and oxygen atoms in total. The van der Waals surface area contributed by atoms with Gasteiger partial charge in [-0.15, -0.1) is 11.3 Å². The Morgan fingerprint density at radius 1 is 1.00 bits per heavy atom. The lowest BCUT2D eigenvalue weighted by molar-refractivity contribution is 0.880. The first-order valence-corrected chi connectivity index (χ1v) is 10.1. The number of fused-ring (bicyclic) bond motifs is 1. The smallest absolute Gasteiger partial charge is 0.272 e. The van der Waals surface area contributed by atoms with Crippen molar-refractivity contribution in [3.05, 3.63) is 93.6 Å². The Bertz CT molecular complexity index is 1350. The monoisotopic (exact) mass is 399 g/mol. The Morgan fingerprint density at radius 3 is 2.59 bits per heavy atom. The van der Waals surface area contributed by atoms with Crippen LogP contribution in [0.15, 0.2) is 71.1 Å². The number of thiazole rings is 1. The minimum Gasteiger partial charge on any atom is -0.289 e.